The highest BCUT2D eigenvalue weighted by Gasteiger charge is 2.18. The van der Waals surface area contributed by atoms with Gasteiger partial charge in [0.15, 0.2) is 0 Å². The summed E-state index contributed by atoms with van der Waals surface area (Å²) in [6.07, 6.45) is 1.39. The molecule has 0 amide bonds. The van der Waals surface area contributed by atoms with Crippen LogP contribution in [0.3, 0.4) is 0 Å². The summed E-state index contributed by atoms with van der Waals surface area (Å²) in [5.74, 6) is -0.417. The molecule has 7 nitrogen and oxygen atoms in total. The minimum Gasteiger partial charge on any atom is -0.495 e. The SMILES string of the molecule is COc1ccc(NS(=O)(=O)/C=C/c2ccc(Cl)cc2)cc1NS(=O)(=O)c1ccc(F)cc1. The van der Waals surface area contributed by atoms with Gasteiger partial charge in [0.25, 0.3) is 20.0 Å². The Hall–Kier alpha value is -3.08. The highest BCUT2D eigenvalue weighted by Crippen LogP contribution is 2.30. The summed E-state index contributed by atoms with van der Waals surface area (Å²) in [6.45, 7) is 0. The lowest BCUT2D eigenvalue weighted by molar-refractivity contribution is 0.417. The maximum absolute atomic E-state index is 13.1. The Kier molecular flexibility index (Phi) is 7.07. The molecule has 0 saturated carbocycles. The van der Waals surface area contributed by atoms with Crippen LogP contribution >= 0.6 is 11.6 Å². The van der Waals surface area contributed by atoms with E-state index in [1.165, 1.54) is 31.4 Å². The molecule has 0 atom stereocenters. The lowest BCUT2D eigenvalue weighted by atomic mass is 10.2. The summed E-state index contributed by atoms with van der Waals surface area (Å²) >= 11 is 5.81. The number of ether oxygens (including phenoxy) is 1. The second kappa shape index (κ2) is 9.60. The molecule has 0 fully saturated rings. The molecule has 3 aromatic rings. The Morgan fingerprint density at radius 2 is 1.56 bits per heavy atom. The molecule has 0 aliphatic heterocycles. The van der Waals surface area contributed by atoms with E-state index in [0.29, 0.717) is 10.6 Å². The average Bonchev–Trinajstić information content (AvgIpc) is 2.73. The van der Waals surface area contributed by atoms with Crippen molar-refractivity contribution in [2.75, 3.05) is 16.6 Å². The van der Waals surface area contributed by atoms with Gasteiger partial charge < -0.3 is 4.74 Å². The van der Waals surface area contributed by atoms with E-state index < -0.39 is 25.9 Å². The molecular weight excluding hydrogens is 479 g/mol. The van der Waals surface area contributed by atoms with Crippen molar-refractivity contribution >= 4 is 49.1 Å². The summed E-state index contributed by atoms with van der Waals surface area (Å²) in [6, 6.07) is 14.9. The number of sulfonamides is 2. The maximum atomic E-state index is 13.1. The fourth-order valence-corrected chi connectivity index (χ4v) is 4.66. The zero-order chi connectivity index (χ0) is 23.4. The van der Waals surface area contributed by atoms with Crippen molar-refractivity contribution in [1.29, 1.82) is 0 Å². The van der Waals surface area contributed by atoms with Crippen molar-refractivity contribution in [2.45, 2.75) is 4.90 Å². The van der Waals surface area contributed by atoms with Gasteiger partial charge in [-0.3, -0.25) is 9.44 Å². The van der Waals surface area contributed by atoms with E-state index in [9.17, 15) is 21.2 Å². The Morgan fingerprint density at radius 3 is 2.19 bits per heavy atom. The number of rotatable bonds is 8. The van der Waals surface area contributed by atoms with Crippen LogP contribution in [0, 0.1) is 5.82 Å². The number of anilines is 2. The molecule has 32 heavy (non-hydrogen) atoms. The lowest BCUT2D eigenvalue weighted by Gasteiger charge is -2.14. The summed E-state index contributed by atoms with van der Waals surface area (Å²) < 4.78 is 73.0. The van der Waals surface area contributed by atoms with Crippen LogP contribution in [-0.2, 0) is 20.0 Å². The second-order valence-electron chi connectivity index (χ2n) is 6.48. The van der Waals surface area contributed by atoms with Crippen LogP contribution in [0.25, 0.3) is 6.08 Å². The highest BCUT2D eigenvalue weighted by molar-refractivity contribution is 7.95. The van der Waals surface area contributed by atoms with Gasteiger partial charge in [0.2, 0.25) is 0 Å². The van der Waals surface area contributed by atoms with Crippen LogP contribution in [0.15, 0.2) is 77.0 Å². The van der Waals surface area contributed by atoms with Gasteiger partial charge in [-0.1, -0.05) is 23.7 Å². The first-order valence-corrected chi connectivity index (χ1v) is 12.4. The van der Waals surface area contributed by atoms with Crippen molar-refractivity contribution in [2.24, 2.45) is 0 Å². The Morgan fingerprint density at radius 1 is 0.906 bits per heavy atom. The zero-order valence-corrected chi connectivity index (χ0v) is 19.0. The molecule has 0 saturated heterocycles. The van der Waals surface area contributed by atoms with Crippen LogP contribution in [0.2, 0.25) is 5.02 Å². The first-order valence-electron chi connectivity index (χ1n) is 9.01. The van der Waals surface area contributed by atoms with Crippen LogP contribution in [-0.4, -0.2) is 23.9 Å². The first kappa shape index (κ1) is 23.6. The summed E-state index contributed by atoms with van der Waals surface area (Å²) in [5.41, 5.74) is 0.726. The van der Waals surface area contributed by atoms with Gasteiger partial charge in [-0.2, -0.15) is 0 Å². The molecule has 0 bridgehead atoms. The standard InChI is InChI=1S/C21H18ClFN2O5S2/c1-30-21-11-8-18(24-31(26,27)13-12-15-2-4-16(22)5-3-15)14-20(21)25-32(28,29)19-9-6-17(23)7-10-19/h2-14,24-25H,1H3/b13-12+. The molecule has 0 aliphatic rings. The summed E-state index contributed by atoms with van der Waals surface area (Å²) in [5, 5.41) is 1.50. The molecule has 2 N–H and O–H groups in total. The molecule has 0 unspecified atom stereocenters. The van der Waals surface area contributed by atoms with Gasteiger partial charge in [-0.05, 0) is 66.2 Å². The third kappa shape index (κ3) is 6.22. The van der Waals surface area contributed by atoms with Crippen molar-refractivity contribution < 1.29 is 26.0 Å². The monoisotopic (exact) mass is 496 g/mol. The predicted molar refractivity (Wildman–Crippen MR) is 123 cm³/mol. The average molecular weight is 497 g/mol. The number of hydrogen-bond acceptors (Lipinski definition) is 5. The van der Waals surface area contributed by atoms with Gasteiger partial charge >= 0.3 is 0 Å². The van der Waals surface area contributed by atoms with E-state index in [4.69, 9.17) is 16.3 Å². The second-order valence-corrected chi connectivity index (χ2v) is 10.2. The minimum absolute atomic E-state index is 0.00120. The molecule has 0 spiro atoms. The number of nitrogens with one attached hydrogen (secondary N) is 2. The Balaban J connectivity index is 1.83. The lowest BCUT2D eigenvalue weighted by Crippen LogP contribution is -2.14. The van der Waals surface area contributed by atoms with Gasteiger partial charge in [0, 0.05) is 5.02 Å². The van der Waals surface area contributed by atoms with Crippen LogP contribution in [0.4, 0.5) is 15.8 Å². The molecule has 0 aromatic heterocycles. The van der Waals surface area contributed by atoms with E-state index in [-0.39, 0.29) is 22.0 Å². The van der Waals surface area contributed by atoms with E-state index in [0.717, 1.165) is 29.7 Å². The number of benzene rings is 3. The Labute approximate surface area is 190 Å². The van der Waals surface area contributed by atoms with E-state index >= 15 is 0 Å². The van der Waals surface area contributed by atoms with Crippen molar-refractivity contribution in [3.63, 3.8) is 0 Å². The predicted octanol–water partition coefficient (Wildman–Crippen LogP) is 4.70. The van der Waals surface area contributed by atoms with Crippen molar-refractivity contribution in [3.05, 3.63) is 88.5 Å². The van der Waals surface area contributed by atoms with E-state index in [1.807, 2.05) is 0 Å². The van der Waals surface area contributed by atoms with Crippen molar-refractivity contribution in [3.8, 4) is 5.75 Å². The third-order valence-corrected chi connectivity index (χ3v) is 6.79. The third-order valence-electron chi connectivity index (χ3n) is 4.14. The van der Waals surface area contributed by atoms with Gasteiger partial charge in [0.1, 0.15) is 11.6 Å². The van der Waals surface area contributed by atoms with Gasteiger partial charge in [-0.25, -0.2) is 21.2 Å². The van der Waals surface area contributed by atoms with E-state index in [1.54, 1.807) is 24.3 Å². The van der Waals surface area contributed by atoms with Gasteiger partial charge in [-0.15, -0.1) is 0 Å². The highest BCUT2D eigenvalue weighted by atomic mass is 35.5. The molecule has 3 aromatic carbocycles. The Bertz CT molecular complexity index is 1340. The molecular formula is C21H18ClFN2O5S2. The number of hydrogen-bond donors (Lipinski definition) is 2. The summed E-state index contributed by atoms with van der Waals surface area (Å²) in [4.78, 5) is -0.169. The smallest absolute Gasteiger partial charge is 0.262 e. The quantitative estimate of drug-likeness (QED) is 0.470. The molecule has 0 aliphatic carbocycles. The molecule has 0 heterocycles. The first-order chi connectivity index (χ1) is 15.1. The maximum Gasteiger partial charge on any atom is 0.262 e. The molecule has 168 valence electrons. The van der Waals surface area contributed by atoms with Crippen LogP contribution < -0.4 is 14.2 Å². The van der Waals surface area contributed by atoms with Crippen molar-refractivity contribution in [1.82, 2.24) is 0 Å². The van der Waals surface area contributed by atoms with Gasteiger partial charge in [0.05, 0.1) is 28.8 Å². The van der Waals surface area contributed by atoms with E-state index in [2.05, 4.69) is 9.44 Å². The molecule has 3 rings (SSSR count). The normalized spacial score (nSPS) is 12.0. The number of methoxy groups -OCH3 is 1. The fraction of sp³-hybridized carbons (Fsp3) is 0.0476. The van der Waals surface area contributed by atoms with Crippen LogP contribution in [0.5, 0.6) is 5.75 Å². The minimum atomic E-state index is -4.07. The number of halogens is 2. The molecule has 11 heteroatoms. The van der Waals surface area contributed by atoms with Crippen LogP contribution in [0.1, 0.15) is 5.56 Å². The molecule has 0 radical (unpaired) electrons. The fourth-order valence-electron chi connectivity index (χ4n) is 2.61. The zero-order valence-electron chi connectivity index (χ0n) is 16.6. The summed E-state index contributed by atoms with van der Waals surface area (Å²) in [7, 11) is -6.64. The topological polar surface area (TPSA) is 102 Å². The largest absolute Gasteiger partial charge is 0.495 e.